The first-order chi connectivity index (χ1) is 15.4. The van der Waals surface area contributed by atoms with Crippen LogP contribution in [0.1, 0.15) is 51.4 Å². The predicted octanol–water partition coefficient (Wildman–Crippen LogP) is 3.94. The first-order valence-corrected chi connectivity index (χ1v) is 13.6. The Kier molecular flexibility index (Phi) is 7.42. The Bertz CT molecular complexity index is 953. The molecule has 2 heterocycles. The number of thiocarbonyl (C=S) groups is 1. The van der Waals surface area contributed by atoms with Gasteiger partial charge in [-0.3, -0.25) is 0 Å². The van der Waals surface area contributed by atoms with E-state index in [4.69, 9.17) is 17.0 Å². The lowest BCUT2D eigenvalue weighted by atomic mass is 9.78. The minimum absolute atomic E-state index is 0.165. The zero-order chi connectivity index (χ0) is 22.6. The lowest BCUT2D eigenvalue weighted by Gasteiger charge is -2.38. The largest absolute Gasteiger partial charge is 0.497 e. The maximum absolute atomic E-state index is 13.1. The lowest BCUT2D eigenvalue weighted by molar-refractivity contribution is 0.166. The van der Waals surface area contributed by atoms with E-state index in [9.17, 15) is 8.42 Å². The summed E-state index contributed by atoms with van der Waals surface area (Å²) in [6.07, 6.45) is 11.4. The summed E-state index contributed by atoms with van der Waals surface area (Å²) in [7, 11) is -1.95. The molecule has 0 unspecified atom stereocenters. The molecular weight excluding hydrogens is 442 g/mol. The quantitative estimate of drug-likeness (QED) is 0.495. The Labute approximate surface area is 198 Å². The molecule has 2 fully saturated rings. The van der Waals surface area contributed by atoms with Crippen LogP contribution in [0.4, 0.5) is 0 Å². The van der Waals surface area contributed by atoms with Crippen molar-refractivity contribution in [3.05, 3.63) is 35.9 Å². The van der Waals surface area contributed by atoms with Crippen LogP contribution in [0.25, 0.3) is 0 Å². The summed E-state index contributed by atoms with van der Waals surface area (Å²) in [5.41, 5.74) is 1.73. The van der Waals surface area contributed by atoms with Gasteiger partial charge in [0.1, 0.15) is 5.75 Å². The van der Waals surface area contributed by atoms with Gasteiger partial charge < -0.3 is 15.0 Å². The van der Waals surface area contributed by atoms with Gasteiger partial charge in [-0.05, 0) is 81.1 Å². The molecule has 0 bridgehead atoms. The molecule has 0 saturated carbocycles. The van der Waals surface area contributed by atoms with Gasteiger partial charge in [-0.2, -0.15) is 4.31 Å². The third-order valence-electron chi connectivity index (χ3n) is 7.29. The first kappa shape index (κ1) is 23.5. The normalized spacial score (nSPS) is 21.4. The molecule has 1 aliphatic carbocycles. The number of piperidine rings is 1. The van der Waals surface area contributed by atoms with Crippen molar-refractivity contribution in [2.45, 2.75) is 56.3 Å². The summed E-state index contributed by atoms with van der Waals surface area (Å²) in [6.45, 7) is 3.90. The van der Waals surface area contributed by atoms with Crippen LogP contribution < -0.4 is 10.1 Å². The second-order valence-electron chi connectivity index (χ2n) is 9.34. The van der Waals surface area contributed by atoms with E-state index in [2.05, 4.69) is 16.3 Å². The van der Waals surface area contributed by atoms with Crippen molar-refractivity contribution >= 4 is 27.4 Å². The summed E-state index contributed by atoms with van der Waals surface area (Å²) in [5, 5.41) is 4.31. The summed E-state index contributed by atoms with van der Waals surface area (Å²) in [6, 6.07) is 6.74. The smallest absolute Gasteiger partial charge is 0.243 e. The van der Waals surface area contributed by atoms with E-state index in [1.165, 1.54) is 25.7 Å². The van der Waals surface area contributed by atoms with E-state index in [0.29, 0.717) is 23.7 Å². The molecule has 0 atom stereocenters. The Morgan fingerprint density at radius 3 is 2.69 bits per heavy atom. The summed E-state index contributed by atoms with van der Waals surface area (Å²) >= 11 is 5.68. The molecule has 0 aromatic heterocycles. The molecule has 176 valence electrons. The van der Waals surface area contributed by atoms with Crippen molar-refractivity contribution in [3.8, 4) is 5.75 Å². The van der Waals surface area contributed by atoms with E-state index >= 15 is 0 Å². The number of likely N-dealkylation sites (tertiary alicyclic amines) is 1. The fourth-order valence-corrected chi connectivity index (χ4v) is 6.94. The number of rotatable bonds is 6. The van der Waals surface area contributed by atoms with E-state index in [1.807, 2.05) is 0 Å². The van der Waals surface area contributed by atoms with Crippen LogP contribution in [0.15, 0.2) is 40.8 Å². The van der Waals surface area contributed by atoms with Crippen molar-refractivity contribution in [2.24, 2.45) is 5.41 Å². The Morgan fingerprint density at radius 2 is 1.97 bits per heavy atom. The first-order valence-electron chi connectivity index (χ1n) is 11.8. The van der Waals surface area contributed by atoms with E-state index in [0.717, 1.165) is 50.4 Å². The highest BCUT2D eigenvalue weighted by atomic mass is 32.2. The van der Waals surface area contributed by atoms with Crippen molar-refractivity contribution in [2.75, 3.05) is 39.8 Å². The average molecular weight is 478 g/mol. The molecule has 32 heavy (non-hydrogen) atoms. The average Bonchev–Trinajstić information content (AvgIpc) is 3.23. The van der Waals surface area contributed by atoms with Crippen LogP contribution in [0.2, 0.25) is 0 Å². The fourth-order valence-electron chi connectivity index (χ4n) is 5.20. The highest BCUT2D eigenvalue weighted by Gasteiger charge is 2.43. The van der Waals surface area contributed by atoms with Crippen LogP contribution in [0.5, 0.6) is 5.75 Å². The van der Waals surface area contributed by atoms with Crippen LogP contribution in [0, 0.1) is 5.41 Å². The minimum Gasteiger partial charge on any atom is -0.497 e. The summed E-state index contributed by atoms with van der Waals surface area (Å²) < 4.78 is 33.0. The van der Waals surface area contributed by atoms with Gasteiger partial charge in [0.15, 0.2) is 5.11 Å². The fraction of sp³-hybridized carbons (Fsp3) is 0.625. The summed E-state index contributed by atoms with van der Waals surface area (Å²) in [4.78, 5) is 2.59. The molecule has 0 radical (unpaired) electrons. The number of nitrogens with zero attached hydrogens (tertiary/aromatic N) is 2. The standard InChI is InChI=1S/C24H35N3O3S2/c1-30-21-8-5-9-22(18-21)32(28,29)27-16-12-24(13-17-27)11-15-26(19-24)23(31)25-14-10-20-6-3-2-4-7-20/h5-6,8-9,18H,2-4,7,10-17,19H2,1H3,(H,25,31). The third kappa shape index (κ3) is 5.29. The van der Waals surface area contributed by atoms with Gasteiger partial charge in [-0.15, -0.1) is 0 Å². The van der Waals surface area contributed by atoms with Crippen molar-refractivity contribution in [1.29, 1.82) is 0 Å². The molecule has 2 aliphatic heterocycles. The number of nitrogens with one attached hydrogen (secondary N) is 1. The predicted molar refractivity (Wildman–Crippen MR) is 131 cm³/mol. The molecule has 8 heteroatoms. The van der Waals surface area contributed by atoms with Gasteiger partial charge in [0.25, 0.3) is 0 Å². The van der Waals surface area contributed by atoms with Gasteiger partial charge in [0, 0.05) is 38.8 Å². The van der Waals surface area contributed by atoms with Gasteiger partial charge in [0.2, 0.25) is 10.0 Å². The van der Waals surface area contributed by atoms with Gasteiger partial charge in [-0.25, -0.2) is 8.42 Å². The molecule has 3 aliphatic rings. The maximum atomic E-state index is 13.1. The van der Waals surface area contributed by atoms with Crippen LogP contribution >= 0.6 is 12.2 Å². The minimum atomic E-state index is -3.50. The Morgan fingerprint density at radius 1 is 1.19 bits per heavy atom. The summed E-state index contributed by atoms with van der Waals surface area (Å²) in [5.74, 6) is 0.562. The van der Waals surface area contributed by atoms with Crippen LogP contribution in [0.3, 0.4) is 0 Å². The van der Waals surface area contributed by atoms with Crippen molar-refractivity contribution in [1.82, 2.24) is 14.5 Å². The van der Waals surface area contributed by atoms with Gasteiger partial charge in [-0.1, -0.05) is 17.7 Å². The monoisotopic (exact) mass is 477 g/mol. The number of sulfonamides is 1. The number of hydrogen-bond donors (Lipinski definition) is 1. The molecule has 1 spiro atoms. The highest BCUT2D eigenvalue weighted by molar-refractivity contribution is 7.89. The second kappa shape index (κ2) is 10.1. The van der Waals surface area contributed by atoms with Crippen LogP contribution in [-0.2, 0) is 10.0 Å². The topological polar surface area (TPSA) is 61.9 Å². The molecule has 6 nitrogen and oxygen atoms in total. The van der Waals surface area contributed by atoms with E-state index in [-0.39, 0.29) is 5.41 Å². The lowest BCUT2D eigenvalue weighted by Crippen LogP contribution is -2.45. The highest BCUT2D eigenvalue weighted by Crippen LogP contribution is 2.41. The number of hydrogen-bond acceptors (Lipinski definition) is 4. The maximum Gasteiger partial charge on any atom is 0.243 e. The zero-order valence-electron chi connectivity index (χ0n) is 19.0. The van der Waals surface area contributed by atoms with Crippen molar-refractivity contribution in [3.63, 3.8) is 0 Å². The van der Waals surface area contributed by atoms with E-state index in [1.54, 1.807) is 41.3 Å². The molecule has 2 saturated heterocycles. The molecule has 0 amide bonds. The van der Waals surface area contributed by atoms with Gasteiger partial charge >= 0.3 is 0 Å². The molecule has 4 rings (SSSR count). The molecule has 1 aromatic carbocycles. The third-order valence-corrected chi connectivity index (χ3v) is 9.59. The molecular formula is C24H35N3O3S2. The zero-order valence-corrected chi connectivity index (χ0v) is 20.6. The van der Waals surface area contributed by atoms with Gasteiger partial charge in [0.05, 0.1) is 12.0 Å². The number of methoxy groups -OCH3 is 1. The number of allylic oxidation sites excluding steroid dienone is 1. The molecule has 1 N–H and O–H groups in total. The van der Waals surface area contributed by atoms with Crippen LogP contribution in [-0.4, -0.2) is 62.6 Å². The SMILES string of the molecule is COc1cccc(S(=O)(=O)N2CCC3(CCN(C(=S)NCCC4=CCCCC4)C3)CC2)c1. The van der Waals surface area contributed by atoms with Crippen molar-refractivity contribution < 1.29 is 13.2 Å². The number of benzene rings is 1. The molecule has 1 aromatic rings. The Balaban J connectivity index is 1.28. The Hall–Kier alpha value is -1.64. The van der Waals surface area contributed by atoms with E-state index < -0.39 is 10.0 Å². The second-order valence-corrected chi connectivity index (χ2v) is 11.7. The number of ether oxygens (including phenoxy) is 1.